The largest absolute Gasteiger partial charge is 0.309 e. The highest BCUT2D eigenvalue weighted by Gasteiger charge is 2.32. The molecule has 1 aromatic carbocycles. The first-order chi connectivity index (χ1) is 9.19. The van der Waals surface area contributed by atoms with Crippen LogP contribution in [0.1, 0.15) is 38.2 Å². The molecule has 1 fully saturated rings. The first kappa shape index (κ1) is 14.0. The van der Waals surface area contributed by atoms with Gasteiger partial charge in [0, 0.05) is 12.6 Å². The van der Waals surface area contributed by atoms with Gasteiger partial charge in [-0.1, -0.05) is 50.1 Å². The SMILES string of the molecule is CCN(CC(N)(C#N)c1ccccc1)C1CCCC1. The number of hydrogen-bond acceptors (Lipinski definition) is 3. The number of rotatable bonds is 5. The molecule has 1 aromatic rings. The third-order valence-corrected chi connectivity index (χ3v) is 4.19. The van der Waals surface area contributed by atoms with Crippen molar-refractivity contribution in [2.45, 2.75) is 44.2 Å². The van der Waals surface area contributed by atoms with Crippen LogP contribution >= 0.6 is 0 Å². The van der Waals surface area contributed by atoms with Crippen LogP contribution in [-0.2, 0) is 5.54 Å². The lowest BCUT2D eigenvalue weighted by molar-refractivity contribution is 0.179. The third-order valence-electron chi connectivity index (χ3n) is 4.19. The standard InChI is InChI=1S/C16H23N3/c1-2-19(15-10-6-7-11-15)13-16(18,12-17)14-8-4-3-5-9-14/h3-5,8-9,15H,2,6-7,10-11,13,18H2,1H3. The summed E-state index contributed by atoms with van der Waals surface area (Å²) in [5.74, 6) is 0. The smallest absolute Gasteiger partial charge is 0.142 e. The highest BCUT2D eigenvalue weighted by molar-refractivity contribution is 5.31. The van der Waals surface area contributed by atoms with Crippen LogP contribution < -0.4 is 5.73 Å². The summed E-state index contributed by atoms with van der Waals surface area (Å²) in [7, 11) is 0. The molecule has 2 N–H and O–H groups in total. The van der Waals surface area contributed by atoms with Gasteiger partial charge in [-0.25, -0.2) is 0 Å². The zero-order valence-electron chi connectivity index (χ0n) is 11.7. The van der Waals surface area contributed by atoms with E-state index in [0.717, 1.165) is 12.1 Å². The summed E-state index contributed by atoms with van der Waals surface area (Å²) in [4.78, 5) is 2.38. The summed E-state index contributed by atoms with van der Waals surface area (Å²) in [6.07, 6.45) is 5.08. The van der Waals surface area contributed by atoms with Gasteiger partial charge in [0.05, 0.1) is 6.07 Å². The number of benzene rings is 1. The fraction of sp³-hybridized carbons (Fsp3) is 0.562. The van der Waals surface area contributed by atoms with Gasteiger partial charge in [0.15, 0.2) is 0 Å². The minimum Gasteiger partial charge on any atom is -0.309 e. The van der Waals surface area contributed by atoms with E-state index in [1.165, 1.54) is 25.7 Å². The van der Waals surface area contributed by atoms with E-state index in [-0.39, 0.29) is 0 Å². The summed E-state index contributed by atoms with van der Waals surface area (Å²) in [6, 6.07) is 12.7. The Morgan fingerprint density at radius 2 is 1.95 bits per heavy atom. The highest BCUT2D eigenvalue weighted by Crippen LogP contribution is 2.26. The Kier molecular flexibility index (Phi) is 4.57. The number of nitrogens with zero attached hydrogens (tertiary/aromatic N) is 2. The Hall–Kier alpha value is -1.37. The van der Waals surface area contributed by atoms with Crippen molar-refractivity contribution in [1.29, 1.82) is 5.26 Å². The van der Waals surface area contributed by atoms with Crippen LogP contribution in [0.3, 0.4) is 0 Å². The van der Waals surface area contributed by atoms with Crippen LogP contribution in [0, 0.1) is 11.3 Å². The molecule has 1 aliphatic rings. The zero-order chi connectivity index (χ0) is 13.7. The molecule has 0 saturated heterocycles. The van der Waals surface area contributed by atoms with E-state index < -0.39 is 5.54 Å². The number of nitrogens with two attached hydrogens (primary N) is 1. The number of likely N-dealkylation sites (N-methyl/N-ethyl adjacent to an activating group) is 1. The van der Waals surface area contributed by atoms with Crippen LogP contribution in [0.4, 0.5) is 0 Å². The molecule has 0 radical (unpaired) electrons. The van der Waals surface area contributed by atoms with Crippen LogP contribution in [-0.4, -0.2) is 24.0 Å². The van der Waals surface area contributed by atoms with E-state index in [9.17, 15) is 5.26 Å². The minimum absolute atomic E-state index is 0.602. The number of nitriles is 1. The minimum atomic E-state index is -0.903. The average molecular weight is 257 g/mol. The predicted molar refractivity (Wildman–Crippen MR) is 77.4 cm³/mol. The normalized spacial score (nSPS) is 19.3. The monoisotopic (exact) mass is 257 g/mol. The van der Waals surface area contributed by atoms with Crippen LogP contribution in [0.5, 0.6) is 0 Å². The van der Waals surface area contributed by atoms with Crippen LogP contribution in [0.2, 0.25) is 0 Å². The molecule has 0 aromatic heterocycles. The molecule has 0 amide bonds. The molecule has 0 heterocycles. The third kappa shape index (κ3) is 3.15. The Morgan fingerprint density at radius 1 is 1.32 bits per heavy atom. The molecule has 3 heteroatoms. The van der Waals surface area contributed by atoms with E-state index in [0.29, 0.717) is 12.6 Å². The predicted octanol–water partition coefficient (Wildman–Crippen LogP) is 2.63. The van der Waals surface area contributed by atoms with Crippen molar-refractivity contribution in [3.05, 3.63) is 35.9 Å². The summed E-state index contributed by atoms with van der Waals surface area (Å²) in [6.45, 7) is 3.73. The van der Waals surface area contributed by atoms with Gasteiger partial charge in [0.1, 0.15) is 5.54 Å². The van der Waals surface area contributed by atoms with Gasteiger partial charge < -0.3 is 5.73 Å². The lowest BCUT2D eigenvalue weighted by Crippen LogP contribution is -2.49. The lowest BCUT2D eigenvalue weighted by Gasteiger charge is -2.34. The molecule has 1 aliphatic carbocycles. The maximum absolute atomic E-state index is 9.52. The van der Waals surface area contributed by atoms with Crippen molar-refractivity contribution in [3.63, 3.8) is 0 Å². The van der Waals surface area contributed by atoms with Crippen molar-refractivity contribution in [3.8, 4) is 6.07 Å². The van der Waals surface area contributed by atoms with Gasteiger partial charge in [0.25, 0.3) is 0 Å². The lowest BCUT2D eigenvalue weighted by atomic mass is 9.91. The van der Waals surface area contributed by atoms with Crippen molar-refractivity contribution in [1.82, 2.24) is 4.90 Å². The van der Waals surface area contributed by atoms with E-state index >= 15 is 0 Å². The first-order valence-corrected chi connectivity index (χ1v) is 7.19. The second-order valence-corrected chi connectivity index (χ2v) is 5.45. The van der Waals surface area contributed by atoms with E-state index in [4.69, 9.17) is 5.73 Å². The molecular weight excluding hydrogens is 234 g/mol. The van der Waals surface area contributed by atoms with Gasteiger partial charge >= 0.3 is 0 Å². The molecule has 1 saturated carbocycles. The molecular formula is C16H23N3. The molecule has 1 atom stereocenters. The average Bonchev–Trinajstić information content (AvgIpc) is 2.99. The summed E-state index contributed by atoms with van der Waals surface area (Å²) in [5, 5.41) is 9.52. The fourth-order valence-electron chi connectivity index (χ4n) is 3.02. The summed E-state index contributed by atoms with van der Waals surface area (Å²) < 4.78 is 0. The van der Waals surface area contributed by atoms with Crippen LogP contribution in [0.25, 0.3) is 0 Å². The Morgan fingerprint density at radius 3 is 2.47 bits per heavy atom. The summed E-state index contributed by atoms with van der Waals surface area (Å²) in [5.41, 5.74) is 6.37. The molecule has 0 spiro atoms. The van der Waals surface area contributed by atoms with E-state index in [2.05, 4.69) is 17.9 Å². The van der Waals surface area contributed by atoms with Crippen LogP contribution in [0.15, 0.2) is 30.3 Å². The Labute approximate surface area is 116 Å². The fourth-order valence-corrected chi connectivity index (χ4v) is 3.02. The molecule has 2 rings (SSSR count). The quantitative estimate of drug-likeness (QED) is 0.882. The molecule has 102 valence electrons. The van der Waals surface area contributed by atoms with Crippen molar-refractivity contribution < 1.29 is 0 Å². The first-order valence-electron chi connectivity index (χ1n) is 7.19. The summed E-state index contributed by atoms with van der Waals surface area (Å²) >= 11 is 0. The topological polar surface area (TPSA) is 53.0 Å². The molecule has 0 bridgehead atoms. The maximum atomic E-state index is 9.52. The number of hydrogen-bond donors (Lipinski definition) is 1. The Balaban J connectivity index is 2.15. The second kappa shape index (κ2) is 6.18. The van der Waals surface area contributed by atoms with Gasteiger partial charge in [-0.15, -0.1) is 0 Å². The van der Waals surface area contributed by atoms with E-state index in [1.54, 1.807) is 0 Å². The maximum Gasteiger partial charge on any atom is 0.142 e. The highest BCUT2D eigenvalue weighted by atomic mass is 15.2. The van der Waals surface area contributed by atoms with Crippen molar-refractivity contribution >= 4 is 0 Å². The van der Waals surface area contributed by atoms with Gasteiger partial charge in [-0.2, -0.15) is 5.26 Å². The molecule has 1 unspecified atom stereocenters. The van der Waals surface area contributed by atoms with Crippen molar-refractivity contribution in [2.75, 3.05) is 13.1 Å². The second-order valence-electron chi connectivity index (χ2n) is 5.45. The van der Waals surface area contributed by atoms with Gasteiger partial charge in [-0.3, -0.25) is 4.90 Å². The molecule has 19 heavy (non-hydrogen) atoms. The van der Waals surface area contributed by atoms with E-state index in [1.807, 2.05) is 30.3 Å². The molecule has 0 aliphatic heterocycles. The van der Waals surface area contributed by atoms with Gasteiger partial charge in [0.2, 0.25) is 0 Å². The van der Waals surface area contributed by atoms with Gasteiger partial charge in [-0.05, 0) is 24.9 Å². The zero-order valence-corrected chi connectivity index (χ0v) is 11.7. The van der Waals surface area contributed by atoms with Crippen molar-refractivity contribution in [2.24, 2.45) is 5.73 Å². The molecule has 3 nitrogen and oxygen atoms in total. The Bertz CT molecular complexity index is 431.